The number of hydrogen-bond donors (Lipinski definition) is 1. The van der Waals surface area contributed by atoms with Crippen LogP contribution >= 0.6 is 0 Å². The summed E-state index contributed by atoms with van der Waals surface area (Å²) in [7, 11) is 0. The minimum atomic E-state index is 0.352. The zero-order valence-corrected chi connectivity index (χ0v) is 12.8. The lowest BCUT2D eigenvalue weighted by Crippen LogP contribution is -2.25. The van der Waals surface area contributed by atoms with Crippen molar-refractivity contribution in [3.05, 3.63) is 17.8 Å². The van der Waals surface area contributed by atoms with E-state index < -0.39 is 0 Å². The Kier molecular flexibility index (Phi) is 4.67. The van der Waals surface area contributed by atoms with Crippen LogP contribution in [0.5, 0.6) is 0 Å². The summed E-state index contributed by atoms with van der Waals surface area (Å²) in [6.07, 6.45) is 8.05. The zero-order chi connectivity index (χ0) is 13.9. The summed E-state index contributed by atoms with van der Waals surface area (Å²) >= 11 is 0. The molecular formula is C16H28N2O. The maximum Gasteiger partial charge on any atom is 0.195 e. The van der Waals surface area contributed by atoms with Crippen molar-refractivity contribution in [1.82, 2.24) is 10.3 Å². The molecule has 1 aliphatic rings. The van der Waals surface area contributed by atoms with E-state index in [0.29, 0.717) is 17.4 Å². The van der Waals surface area contributed by atoms with Crippen LogP contribution in [-0.4, -0.2) is 17.6 Å². The molecule has 108 valence electrons. The van der Waals surface area contributed by atoms with Crippen molar-refractivity contribution in [2.45, 2.75) is 71.8 Å². The van der Waals surface area contributed by atoms with Gasteiger partial charge in [-0.05, 0) is 18.3 Å². The third kappa shape index (κ3) is 3.82. The summed E-state index contributed by atoms with van der Waals surface area (Å²) in [6, 6.07) is 0.520. The van der Waals surface area contributed by atoms with E-state index in [9.17, 15) is 0 Å². The molecule has 1 aromatic rings. The van der Waals surface area contributed by atoms with Crippen LogP contribution in [0.25, 0.3) is 0 Å². The van der Waals surface area contributed by atoms with Crippen LogP contribution in [-0.2, 0) is 6.42 Å². The third-order valence-corrected chi connectivity index (χ3v) is 4.31. The molecule has 1 aliphatic carbocycles. The molecule has 1 atom stereocenters. The van der Waals surface area contributed by atoms with Crippen LogP contribution in [0.1, 0.15) is 70.9 Å². The van der Waals surface area contributed by atoms with Crippen molar-refractivity contribution in [3.8, 4) is 0 Å². The Morgan fingerprint density at radius 1 is 1.42 bits per heavy atom. The predicted molar refractivity (Wildman–Crippen MR) is 78.3 cm³/mol. The third-order valence-electron chi connectivity index (χ3n) is 4.31. The molecule has 19 heavy (non-hydrogen) atoms. The van der Waals surface area contributed by atoms with Crippen molar-refractivity contribution >= 4 is 0 Å². The highest BCUT2D eigenvalue weighted by Gasteiger charge is 2.35. The van der Waals surface area contributed by atoms with E-state index in [1.54, 1.807) is 0 Å². The maximum absolute atomic E-state index is 5.99. The van der Waals surface area contributed by atoms with E-state index in [1.807, 2.05) is 6.20 Å². The van der Waals surface area contributed by atoms with Gasteiger partial charge in [-0.3, -0.25) is 0 Å². The van der Waals surface area contributed by atoms with Gasteiger partial charge in [0.05, 0.1) is 6.20 Å². The molecule has 1 aromatic heterocycles. The van der Waals surface area contributed by atoms with Gasteiger partial charge in [0.15, 0.2) is 5.89 Å². The van der Waals surface area contributed by atoms with Crippen LogP contribution in [0.2, 0.25) is 0 Å². The molecule has 3 heteroatoms. The number of hydrogen-bond acceptors (Lipinski definition) is 3. The number of nitrogens with one attached hydrogen (secondary N) is 1. The van der Waals surface area contributed by atoms with Crippen molar-refractivity contribution in [1.29, 1.82) is 0 Å². The molecule has 1 heterocycles. The molecule has 1 fully saturated rings. The normalized spacial score (nSPS) is 22.9. The summed E-state index contributed by atoms with van der Waals surface area (Å²) in [4.78, 5) is 4.45. The summed E-state index contributed by atoms with van der Waals surface area (Å²) in [5.74, 6) is 2.52. The average Bonchev–Trinajstić information content (AvgIpc) is 2.76. The van der Waals surface area contributed by atoms with E-state index in [-0.39, 0.29) is 0 Å². The van der Waals surface area contributed by atoms with Crippen LogP contribution in [0.4, 0.5) is 0 Å². The SMILES string of the molecule is CC(C)NCCc1ncc(C2CCCCC2(C)C)o1. The number of oxazole rings is 1. The molecule has 1 saturated carbocycles. The lowest BCUT2D eigenvalue weighted by atomic mass is 9.68. The Morgan fingerprint density at radius 3 is 2.89 bits per heavy atom. The standard InChI is InChI=1S/C16H28N2O/c1-12(2)17-10-8-15-18-11-14(19-15)13-7-5-6-9-16(13,3)4/h11-13,17H,5-10H2,1-4H3. The fourth-order valence-electron chi connectivity index (χ4n) is 3.09. The quantitative estimate of drug-likeness (QED) is 0.876. The smallest absolute Gasteiger partial charge is 0.195 e. The molecule has 0 radical (unpaired) electrons. The Bertz CT molecular complexity index is 395. The van der Waals surface area contributed by atoms with Crippen LogP contribution in [0, 0.1) is 5.41 Å². The fourth-order valence-corrected chi connectivity index (χ4v) is 3.09. The Morgan fingerprint density at radius 2 is 2.21 bits per heavy atom. The first kappa shape index (κ1) is 14.6. The van der Waals surface area contributed by atoms with Crippen LogP contribution in [0.15, 0.2) is 10.6 Å². The highest BCUT2D eigenvalue weighted by molar-refractivity contribution is 5.08. The van der Waals surface area contributed by atoms with Crippen molar-refractivity contribution in [2.75, 3.05) is 6.54 Å². The molecule has 0 bridgehead atoms. The summed E-state index contributed by atoms with van der Waals surface area (Å²) in [5, 5.41) is 3.40. The summed E-state index contributed by atoms with van der Waals surface area (Å²) in [6.45, 7) is 9.97. The monoisotopic (exact) mass is 264 g/mol. The first-order valence-electron chi connectivity index (χ1n) is 7.67. The molecule has 3 nitrogen and oxygen atoms in total. The lowest BCUT2D eigenvalue weighted by Gasteiger charge is -2.37. The summed E-state index contributed by atoms with van der Waals surface area (Å²) < 4.78 is 5.99. The van der Waals surface area contributed by atoms with Crippen molar-refractivity contribution < 1.29 is 4.42 Å². The highest BCUT2D eigenvalue weighted by Crippen LogP contribution is 2.46. The van der Waals surface area contributed by atoms with Gasteiger partial charge in [0.1, 0.15) is 5.76 Å². The molecular weight excluding hydrogens is 236 g/mol. The average molecular weight is 264 g/mol. The largest absolute Gasteiger partial charge is 0.445 e. The van der Waals surface area contributed by atoms with Gasteiger partial charge in [-0.1, -0.05) is 40.5 Å². The molecule has 0 aromatic carbocycles. The van der Waals surface area contributed by atoms with Gasteiger partial charge >= 0.3 is 0 Å². The van der Waals surface area contributed by atoms with Gasteiger partial charge in [0, 0.05) is 24.9 Å². The van der Waals surface area contributed by atoms with Gasteiger partial charge in [0.25, 0.3) is 0 Å². The van der Waals surface area contributed by atoms with Crippen molar-refractivity contribution in [2.24, 2.45) is 5.41 Å². The van der Waals surface area contributed by atoms with E-state index in [0.717, 1.165) is 24.6 Å². The van der Waals surface area contributed by atoms with Gasteiger partial charge in [0.2, 0.25) is 0 Å². The molecule has 0 amide bonds. The minimum Gasteiger partial charge on any atom is -0.445 e. The van der Waals surface area contributed by atoms with E-state index in [2.05, 4.69) is 38.0 Å². The number of nitrogens with zero attached hydrogens (tertiary/aromatic N) is 1. The second kappa shape index (κ2) is 6.08. The highest BCUT2D eigenvalue weighted by atomic mass is 16.4. The van der Waals surface area contributed by atoms with E-state index in [4.69, 9.17) is 4.42 Å². The Hall–Kier alpha value is -0.830. The molecule has 0 spiro atoms. The van der Waals surface area contributed by atoms with E-state index >= 15 is 0 Å². The van der Waals surface area contributed by atoms with Crippen LogP contribution in [0.3, 0.4) is 0 Å². The number of rotatable bonds is 5. The maximum atomic E-state index is 5.99. The molecule has 1 unspecified atom stereocenters. The minimum absolute atomic E-state index is 0.352. The molecule has 2 rings (SSSR count). The fraction of sp³-hybridized carbons (Fsp3) is 0.812. The summed E-state index contributed by atoms with van der Waals surface area (Å²) in [5.41, 5.74) is 0.352. The molecule has 0 saturated heterocycles. The topological polar surface area (TPSA) is 38.1 Å². The number of aromatic nitrogens is 1. The van der Waals surface area contributed by atoms with Gasteiger partial charge in [-0.15, -0.1) is 0 Å². The second-order valence-electron chi connectivity index (χ2n) is 6.80. The molecule has 0 aliphatic heterocycles. The second-order valence-corrected chi connectivity index (χ2v) is 6.80. The molecule has 1 N–H and O–H groups in total. The van der Waals surface area contributed by atoms with Crippen molar-refractivity contribution in [3.63, 3.8) is 0 Å². The Labute approximate surface area is 117 Å². The van der Waals surface area contributed by atoms with E-state index in [1.165, 1.54) is 25.7 Å². The van der Waals surface area contributed by atoms with Crippen LogP contribution < -0.4 is 5.32 Å². The first-order valence-corrected chi connectivity index (χ1v) is 7.67. The van der Waals surface area contributed by atoms with Gasteiger partial charge in [-0.25, -0.2) is 4.98 Å². The van der Waals surface area contributed by atoms with Gasteiger partial charge < -0.3 is 9.73 Å². The predicted octanol–water partition coefficient (Wildman–Crippen LogP) is 3.90. The Balaban J connectivity index is 1.96. The lowest BCUT2D eigenvalue weighted by molar-refractivity contribution is 0.176. The zero-order valence-electron chi connectivity index (χ0n) is 12.8. The first-order chi connectivity index (χ1) is 8.99. The van der Waals surface area contributed by atoms with Gasteiger partial charge in [-0.2, -0.15) is 0 Å².